The Balaban J connectivity index is 1.66. The number of nitrogens with one attached hydrogen (secondary N) is 1. The van der Waals surface area contributed by atoms with Crippen LogP contribution < -0.4 is 5.32 Å². The second-order valence-corrected chi connectivity index (χ2v) is 8.39. The fourth-order valence-electron chi connectivity index (χ4n) is 3.96. The van der Waals surface area contributed by atoms with Gasteiger partial charge in [-0.15, -0.1) is 0 Å². The third-order valence-electron chi connectivity index (χ3n) is 5.80. The molecule has 0 radical (unpaired) electrons. The number of nitrogens with zero attached hydrogens (tertiary/aromatic N) is 2. The van der Waals surface area contributed by atoms with Crippen molar-refractivity contribution in [3.63, 3.8) is 0 Å². The summed E-state index contributed by atoms with van der Waals surface area (Å²) in [6, 6.07) is 13.9. The molecule has 3 rings (SSSR count). The maximum Gasteiger partial charge on any atom is 0.261 e. The van der Waals surface area contributed by atoms with Gasteiger partial charge in [-0.2, -0.15) is 0 Å². The Morgan fingerprint density at radius 3 is 2.30 bits per heavy atom. The first kappa shape index (κ1) is 24.2. The van der Waals surface area contributed by atoms with Crippen LogP contribution in [0.25, 0.3) is 0 Å². The van der Waals surface area contributed by atoms with Gasteiger partial charge in [0.25, 0.3) is 11.8 Å². The Labute approximate surface area is 194 Å². The Morgan fingerprint density at radius 1 is 1.03 bits per heavy atom. The molecule has 1 unspecified atom stereocenters. The van der Waals surface area contributed by atoms with E-state index in [1.165, 1.54) is 4.90 Å². The quantitative estimate of drug-likeness (QED) is 0.564. The van der Waals surface area contributed by atoms with Crippen molar-refractivity contribution >= 4 is 23.6 Å². The fourth-order valence-corrected chi connectivity index (χ4v) is 3.96. The van der Waals surface area contributed by atoms with Crippen molar-refractivity contribution in [3.8, 4) is 0 Å². The third kappa shape index (κ3) is 5.66. The molecule has 1 N–H and O–H groups in total. The molecule has 0 fully saturated rings. The zero-order chi connectivity index (χ0) is 24.0. The summed E-state index contributed by atoms with van der Waals surface area (Å²) in [4.78, 5) is 53.6. The number of benzene rings is 2. The van der Waals surface area contributed by atoms with Crippen LogP contribution in [0.1, 0.15) is 65.0 Å². The van der Waals surface area contributed by atoms with Crippen LogP contribution in [0.4, 0.5) is 0 Å². The summed E-state index contributed by atoms with van der Waals surface area (Å²) < 4.78 is 0. The monoisotopic (exact) mass is 449 g/mol. The van der Waals surface area contributed by atoms with Gasteiger partial charge >= 0.3 is 0 Å². The van der Waals surface area contributed by atoms with E-state index in [1.54, 1.807) is 36.1 Å². The predicted octanol–water partition coefficient (Wildman–Crippen LogP) is 3.31. The van der Waals surface area contributed by atoms with Crippen molar-refractivity contribution < 1.29 is 19.2 Å². The molecule has 4 amide bonds. The van der Waals surface area contributed by atoms with Gasteiger partial charge in [0, 0.05) is 26.1 Å². The van der Waals surface area contributed by atoms with E-state index in [1.807, 2.05) is 38.1 Å². The summed E-state index contributed by atoms with van der Waals surface area (Å²) in [5.41, 5.74) is 2.82. The van der Waals surface area contributed by atoms with Crippen LogP contribution >= 0.6 is 0 Å². The SMILES string of the molecule is CCCNC(=O)C(C)N(Cc1cccc(C)c1)C(=O)CCCN1C(=O)c2ccccc2C1=O. The van der Waals surface area contributed by atoms with Gasteiger partial charge < -0.3 is 10.2 Å². The highest BCUT2D eigenvalue weighted by molar-refractivity contribution is 6.21. The first-order chi connectivity index (χ1) is 15.8. The number of hydrogen-bond donors (Lipinski definition) is 1. The van der Waals surface area contributed by atoms with Crippen LogP contribution in [-0.4, -0.2) is 52.6 Å². The standard InChI is InChI=1S/C26H31N3O4/c1-4-14-27-24(31)19(3)29(17-20-10-7-9-18(2)16-20)23(30)13-8-15-28-25(32)21-11-5-6-12-22(21)26(28)33/h5-7,9-12,16,19H,4,8,13-15,17H2,1-3H3,(H,27,31). The highest BCUT2D eigenvalue weighted by atomic mass is 16.2. The van der Waals surface area contributed by atoms with E-state index in [2.05, 4.69) is 5.32 Å². The number of carbonyl (C=O) groups is 4. The highest BCUT2D eigenvalue weighted by Crippen LogP contribution is 2.23. The predicted molar refractivity (Wildman–Crippen MR) is 126 cm³/mol. The van der Waals surface area contributed by atoms with Gasteiger partial charge in [0.05, 0.1) is 11.1 Å². The number of carbonyl (C=O) groups excluding carboxylic acids is 4. The largest absolute Gasteiger partial charge is 0.354 e. The Kier molecular flexibility index (Phi) is 7.98. The van der Waals surface area contributed by atoms with Gasteiger partial charge in [-0.25, -0.2) is 0 Å². The minimum absolute atomic E-state index is 0.130. The zero-order valence-corrected chi connectivity index (χ0v) is 19.5. The van der Waals surface area contributed by atoms with Gasteiger partial charge in [-0.3, -0.25) is 24.1 Å². The summed E-state index contributed by atoms with van der Waals surface area (Å²) >= 11 is 0. The maximum absolute atomic E-state index is 13.2. The highest BCUT2D eigenvalue weighted by Gasteiger charge is 2.35. The van der Waals surface area contributed by atoms with Crippen molar-refractivity contribution in [1.29, 1.82) is 0 Å². The molecule has 174 valence electrons. The number of amides is 4. The molecule has 0 aromatic heterocycles. The average molecular weight is 450 g/mol. The number of aryl methyl sites for hydroxylation is 1. The molecule has 0 saturated heterocycles. The lowest BCUT2D eigenvalue weighted by Crippen LogP contribution is -2.47. The summed E-state index contributed by atoms with van der Waals surface area (Å²) in [5, 5.41) is 2.86. The van der Waals surface area contributed by atoms with E-state index in [0.717, 1.165) is 17.5 Å². The van der Waals surface area contributed by atoms with Crippen molar-refractivity contribution in [2.75, 3.05) is 13.1 Å². The Morgan fingerprint density at radius 2 is 1.70 bits per heavy atom. The molecule has 1 aliphatic rings. The smallest absolute Gasteiger partial charge is 0.261 e. The molecule has 33 heavy (non-hydrogen) atoms. The molecular formula is C26H31N3O4. The zero-order valence-electron chi connectivity index (χ0n) is 19.5. The lowest BCUT2D eigenvalue weighted by Gasteiger charge is -2.29. The number of rotatable bonds is 10. The second-order valence-electron chi connectivity index (χ2n) is 8.39. The maximum atomic E-state index is 13.2. The molecule has 7 heteroatoms. The van der Waals surface area contributed by atoms with Crippen LogP contribution in [-0.2, 0) is 16.1 Å². The number of imide groups is 1. The molecule has 1 heterocycles. The van der Waals surface area contributed by atoms with Crippen LogP contribution in [0.3, 0.4) is 0 Å². The minimum atomic E-state index is -0.635. The van der Waals surface area contributed by atoms with E-state index in [-0.39, 0.29) is 36.6 Å². The average Bonchev–Trinajstić information content (AvgIpc) is 3.05. The van der Waals surface area contributed by atoms with E-state index >= 15 is 0 Å². The van der Waals surface area contributed by atoms with Crippen LogP contribution in [0.5, 0.6) is 0 Å². The normalized spacial score (nSPS) is 13.6. The molecule has 0 saturated carbocycles. The third-order valence-corrected chi connectivity index (χ3v) is 5.80. The lowest BCUT2D eigenvalue weighted by molar-refractivity contribution is -0.140. The molecule has 1 atom stereocenters. The van der Waals surface area contributed by atoms with E-state index in [0.29, 0.717) is 30.6 Å². The molecule has 2 aromatic rings. The van der Waals surface area contributed by atoms with Crippen molar-refractivity contribution in [3.05, 3.63) is 70.8 Å². The van der Waals surface area contributed by atoms with Crippen LogP contribution in [0.2, 0.25) is 0 Å². The molecule has 0 aliphatic carbocycles. The molecule has 2 aromatic carbocycles. The number of hydrogen-bond acceptors (Lipinski definition) is 4. The van der Waals surface area contributed by atoms with Crippen LogP contribution in [0.15, 0.2) is 48.5 Å². The topological polar surface area (TPSA) is 86.8 Å². The minimum Gasteiger partial charge on any atom is -0.354 e. The summed E-state index contributed by atoms with van der Waals surface area (Å²) in [6.45, 7) is 6.70. The molecule has 0 spiro atoms. The molecule has 0 bridgehead atoms. The first-order valence-electron chi connectivity index (χ1n) is 11.4. The number of fused-ring (bicyclic) bond motifs is 1. The summed E-state index contributed by atoms with van der Waals surface area (Å²) in [5.74, 6) is -1.04. The molecule has 7 nitrogen and oxygen atoms in total. The van der Waals surface area contributed by atoms with Crippen molar-refractivity contribution in [1.82, 2.24) is 15.1 Å². The first-order valence-corrected chi connectivity index (χ1v) is 11.4. The van der Waals surface area contributed by atoms with Gasteiger partial charge in [0.2, 0.25) is 11.8 Å². The summed E-state index contributed by atoms with van der Waals surface area (Å²) in [7, 11) is 0. The Hall–Kier alpha value is -3.48. The van der Waals surface area contributed by atoms with Crippen LogP contribution in [0, 0.1) is 6.92 Å². The molecule has 1 aliphatic heterocycles. The van der Waals surface area contributed by atoms with E-state index in [9.17, 15) is 19.2 Å². The van der Waals surface area contributed by atoms with E-state index in [4.69, 9.17) is 0 Å². The van der Waals surface area contributed by atoms with Crippen molar-refractivity contribution in [2.45, 2.75) is 52.6 Å². The Bertz CT molecular complexity index is 1010. The lowest BCUT2D eigenvalue weighted by atomic mass is 10.1. The van der Waals surface area contributed by atoms with Gasteiger partial charge in [0.1, 0.15) is 6.04 Å². The second kappa shape index (κ2) is 10.9. The van der Waals surface area contributed by atoms with Gasteiger partial charge in [-0.1, -0.05) is 48.9 Å². The molecular weight excluding hydrogens is 418 g/mol. The van der Waals surface area contributed by atoms with E-state index < -0.39 is 6.04 Å². The summed E-state index contributed by atoms with van der Waals surface area (Å²) in [6.07, 6.45) is 1.27. The van der Waals surface area contributed by atoms with Gasteiger partial charge in [-0.05, 0) is 44.4 Å². The van der Waals surface area contributed by atoms with Crippen molar-refractivity contribution in [2.24, 2.45) is 0 Å². The van der Waals surface area contributed by atoms with Gasteiger partial charge in [0.15, 0.2) is 0 Å². The fraction of sp³-hybridized carbons (Fsp3) is 0.385.